The topological polar surface area (TPSA) is 109 Å². The van der Waals surface area contributed by atoms with E-state index in [9.17, 15) is 18.0 Å². The highest BCUT2D eigenvalue weighted by atomic mass is 79.9. The summed E-state index contributed by atoms with van der Waals surface area (Å²) in [6, 6.07) is 4.58. The molecule has 1 aromatic heterocycles. The van der Waals surface area contributed by atoms with E-state index in [4.69, 9.17) is 4.63 Å². The van der Waals surface area contributed by atoms with Crippen LogP contribution in [0.1, 0.15) is 29.8 Å². The van der Waals surface area contributed by atoms with Gasteiger partial charge in [0.15, 0.2) is 5.69 Å². The number of hydrogen-bond donors (Lipinski definition) is 1. The van der Waals surface area contributed by atoms with Crippen LogP contribution in [0.4, 0.5) is 4.39 Å². The highest BCUT2D eigenvalue weighted by Crippen LogP contribution is 2.43. The summed E-state index contributed by atoms with van der Waals surface area (Å²) in [4.78, 5) is 0. The molecule has 2 unspecified atom stereocenters. The van der Waals surface area contributed by atoms with Crippen LogP contribution < -0.4 is 0 Å². The van der Waals surface area contributed by atoms with Crippen molar-refractivity contribution in [1.29, 1.82) is 0 Å². The van der Waals surface area contributed by atoms with Crippen molar-refractivity contribution in [3.05, 3.63) is 45.4 Å². The van der Waals surface area contributed by atoms with Gasteiger partial charge >= 0.3 is 0 Å². The molecule has 0 spiro atoms. The Labute approximate surface area is 182 Å². The maximum atomic E-state index is 13.5. The molecule has 2 heterocycles. The van der Waals surface area contributed by atoms with Crippen molar-refractivity contribution < 1.29 is 22.6 Å². The van der Waals surface area contributed by atoms with Crippen LogP contribution in [0.2, 0.25) is 0 Å². The second-order valence-electron chi connectivity index (χ2n) is 8.17. The zero-order chi connectivity index (χ0) is 21.5. The Balaban J connectivity index is 1.43. The minimum atomic E-state index is -3.14. The van der Waals surface area contributed by atoms with E-state index < -0.39 is 10.0 Å². The molecular weight excluding hydrogens is 479 g/mol. The lowest BCUT2D eigenvalue weighted by atomic mass is 9.96. The van der Waals surface area contributed by atoms with Gasteiger partial charge in [-0.05, 0) is 75.8 Å². The van der Waals surface area contributed by atoms with Crippen LogP contribution in [0, 0.1) is 23.6 Å². The highest BCUT2D eigenvalue weighted by molar-refractivity contribution is 9.10. The maximum Gasteiger partial charge on any atom is 0.211 e. The van der Waals surface area contributed by atoms with Crippen molar-refractivity contribution in [1.82, 2.24) is 14.6 Å². The van der Waals surface area contributed by atoms with E-state index in [1.165, 1.54) is 12.3 Å². The minimum Gasteiger partial charge on any atom is -0.411 e. The van der Waals surface area contributed by atoms with Gasteiger partial charge in [-0.25, -0.2) is 21.7 Å². The van der Waals surface area contributed by atoms with Crippen molar-refractivity contribution >= 4 is 31.7 Å². The van der Waals surface area contributed by atoms with E-state index in [1.54, 1.807) is 16.4 Å². The molecule has 2 atom stereocenters. The van der Waals surface area contributed by atoms with Crippen LogP contribution in [0.5, 0.6) is 0 Å². The molecule has 162 valence electrons. The molecule has 2 aromatic rings. The Hall–Kier alpha value is -1.85. The lowest BCUT2D eigenvalue weighted by Crippen LogP contribution is -2.28. The second kappa shape index (κ2) is 8.35. The summed E-state index contributed by atoms with van der Waals surface area (Å²) in [5.41, 5.74) is 2.06. The molecule has 30 heavy (non-hydrogen) atoms. The fourth-order valence-corrected chi connectivity index (χ4v) is 6.01. The number of nitrogens with zero attached hydrogens (tertiary/aromatic N) is 4. The van der Waals surface area contributed by atoms with E-state index in [1.807, 2.05) is 0 Å². The number of hydrogen-bond acceptors (Lipinski definition) is 7. The van der Waals surface area contributed by atoms with Crippen molar-refractivity contribution in [3.8, 4) is 0 Å². The summed E-state index contributed by atoms with van der Waals surface area (Å²) in [6.07, 6.45) is 3.96. The molecule has 1 N–H and O–H groups in total. The number of fused-ring (bicyclic) bond motifs is 1. The Morgan fingerprint density at radius 1 is 1.33 bits per heavy atom. The van der Waals surface area contributed by atoms with Crippen molar-refractivity contribution in [2.75, 3.05) is 19.3 Å². The van der Waals surface area contributed by atoms with Gasteiger partial charge < -0.3 is 5.21 Å². The van der Waals surface area contributed by atoms with E-state index in [0.29, 0.717) is 58.8 Å². The monoisotopic (exact) mass is 500 g/mol. The standard InChI is InChI=1S/C19H22BrFN4O4S/c1-30(27,28)25-9-13-4-12(5-14(13)10-25)8-18-19(24-29-23-18)17(22-26)7-11-2-3-16(21)15(20)6-11/h2-3,6,12-14,26H,4-5,7-10H2,1H3. The third-order valence-corrected chi connectivity index (χ3v) is 7.92. The average molecular weight is 501 g/mol. The first kappa shape index (κ1) is 21.4. The number of halogens is 2. The third kappa shape index (κ3) is 4.42. The Bertz CT molecular complexity index is 1060. The first-order valence-electron chi connectivity index (χ1n) is 9.66. The molecule has 1 aliphatic carbocycles. The molecule has 1 saturated carbocycles. The summed E-state index contributed by atoms with van der Waals surface area (Å²) < 4.78 is 43.9. The summed E-state index contributed by atoms with van der Waals surface area (Å²) in [6.45, 7) is 1.15. The van der Waals surface area contributed by atoms with Gasteiger partial charge in [0.1, 0.15) is 17.2 Å². The van der Waals surface area contributed by atoms with Crippen molar-refractivity contribution in [3.63, 3.8) is 0 Å². The molecule has 8 nitrogen and oxygen atoms in total. The smallest absolute Gasteiger partial charge is 0.211 e. The zero-order valence-corrected chi connectivity index (χ0v) is 18.7. The Morgan fingerprint density at radius 2 is 2.03 bits per heavy atom. The van der Waals surface area contributed by atoms with E-state index in [2.05, 4.69) is 31.4 Å². The number of aromatic nitrogens is 2. The molecule has 4 rings (SSSR count). The maximum absolute atomic E-state index is 13.5. The fourth-order valence-electron chi connectivity index (χ4n) is 4.66. The molecule has 1 aliphatic heterocycles. The number of rotatable bonds is 6. The van der Waals surface area contributed by atoms with Gasteiger partial charge in [0, 0.05) is 19.5 Å². The van der Waals surface area contributed by atoms with Gasteiger partial charge in [-0.2, -0.15) is 0 Å². The van der Waals surface area contributed by atoms with Crippen LogP contribution in [-0.4, -0.2) is 53.3 Å². The molecule has 2 aliphatic rings. The third-order valence-electron chi connectivity index (χ3n) is 6.07. The number of oxime groups is 1. The van der Waals surface area contributed by atoms with Crippen molar-refractivity contribution in [2.24, 2.45) is 22.9 Å². The number of sulfonamides is 1. The highest BCUT2D eigenvalue weighted by Gasteiger charge is 2.43. The second-order valence-corrected chi connectivity index (χ2v) is 11.0. The average Bonchev–Trinajstić information content (AvgIpc) is 3.37. The molecule has 0 bridgehead atoms. The molecule has 2 fully saturated rings. The predicted molar refractivity (Wildman–Crippen MR) is 110 cm³/mol. The van der Waals surface area contributed by atoms with Crippen LogP contribution in [-0.2, 0) is 22.9 Å². The summed E-state index contributed by atoms with van der Waals surface area (Å²) >= 11 is 3.15. The van der Waals surface area contributed by atoms with Gasteiger partial charge in [-0.15, -0.1) is 0 Å². The van der Waals surface area contributed by atoms with Gasteiger partial charge in [0.25, 0.3) is 0 Å². The van der Waals surface area contributed by atoms with E-state index >= 15 is 0 Å². The number of benzene rings is 1. The SMILES string of the molecule is CS(=O)(=O)N1CC2CC(Cc3nonc3C(Cc3ccc(F)c(Br)c3)=NO)CC2C1. The zero-order valence-electron chi connectivity index (χ0n) is 16.3. The van der Waals surface area contributed by atoms with Crippen LogP contribution >= 0.6 is 15.9 Å². The fraction of sp³-hybridized carbons (Fsp3) is 0.526. The van der Waals surface area contributed by atoms with Gasteiger partial charge in [-0.1, -0.05) is 16.4 Å². The Morgan fingerprint density at radius 3 is 2.63 bits per heavy atom. The van der Waals surface area contributed by atoms with Crippen LogP contribution in [0.3, 0.4) is 0 Å². The molecule has 1 saturated heterocycles. The van der Waals surface area contributed by atoms with E-state index in [0.717, 1.165) is 18.4 Å². The summed E-state index contributed by atoms with van der Waals surface area (Å²) in [5.74, 6) is 0.685. The predicted octanol–water partition coefficient (Wildman–Crippen LogP) is 2.85. The van der Waals surface area contributed by atoms with Gasteiger partial charge in [0.05, 0.1) is 10.7 Å². The molecule has 0 amide bonds. The Kier molecular flexibility index (Phi) is 5.95. The lowest BCUT2D eigenvalue weighted by Gasteiger charge is -2.16. The molecule has 0 radical (unpaired) electrons. The van der Waals surface area contributed by atoms with Crippen LogP contribution in [0.25, 0.3) is 0 Å². The summed E-state index contributed by atoms with van der Waals surface area (Å²) in [5, 5.41) is 20.9. The first-order valence-corrected chi connectivity index (χ1v) is 12.3. The van der Waals surface area contributed by atoms with Crippen molar-refractivity contribution in [2.45, 2.75) is 25.7 Å². The molecular formula is C19H22BrFN4O4S. The minimum absolute atomic E-state index is 0.246. The van der Waals surface area contributed by atoms with Gasteiger partial charge in [0.2, 0.25) is 10.0 Å². The quantitative estimate of drug-likeness (QED) is 0.371. The summed E-state index contributed by atoms with van der Waals surface area (Å²) in [7, 11) is -3.14. The van der Waals surface area contributed by atoms with E-state index in [-0.39, 0.29) is 12.2 Å². The first-order chi connectivity index (χ1) is 14.2. The molecule has 11 heteroatoms. The largest absolute Gasteiger partial charge is 0.411 e. The lowest BCUT2D eigenvalue weighted by molar-refractivity contribution is 0.298. The normalized spacial score (nSPS) is 25.0. The molecule has 1 aromatic carbocycles. The van der Waals surface area contributed by atoms with Gasteiger partial charge in [-0.3, -0.25) is 0 Å². The van der Waals surface area contributed by atoms with Crippen LogP contribution in [0.15, 0.2) is 32.5 Å².